The van der Waals surface area contributed by atoms with Crippen LogP contribution in [-0.2, 0) is 45.1 Å². The van der Waals surface area contributed by atoms with Crippen LogP contribution < -0.4 is 30.9 Å². The van der Waals surface area contributed by atoms with E-state index < -0.39 is 41.3 Å². The van der Waals surface area contributed by atoms with Crippen molar-refractivity contribution in [3.8, 4) is 29.9 Å². The molecule has 3 aromatic carbocycles. The Bertz CT molecular complexity index is 3210. The smallest absolute Gasteiger partial charge is 0.408 e. The maximum Gasteiger partial charge on any atom is 0.408 e. The zero-order valence-corrected chi connectivity index (χ0v) is 46.1. The molecule has 1 atom stereocenters. The fourth-order valence-electron chi connectivity index (χ4n) is 8.35. The van der Waals surface area contributed by atoms with Crippen molar-refractivity contribution in [3.63, 3.8) is 0 Å². The number of ether oxygens (including phenoxy) is 3. The summed E-state index contributed by atoms with van der Waals surface area (Å²) in [5, 5.41) is 31.8. The lowest BCUT2D eigenvalue weighted by Crippen LogP contribution is -2.52. The number of anilines is 5. The van der Waals surface area contributed by atoms with Crippen LogP contribution in [0.4, 0.5) is 36.8 Å². The van der Waals surface area contributed by atoms with Gasteiger partial charge in [0.1, 0.15) is 31.3 Å². The summed E-state index contributed by atoms with van der Waals surface area (Å²) in [6.45, 7) is 12.3. The van der Waals surface area contributed by atoms with Gasteiger partial charge in [0.15, 0.2) is 39.2 Å². The number of hydrogen-bond acceptors (Lipinski definition) is 15. The van der Waals surface area contributed by atoms with Gasteiger partial charge < -0.3 is 50.0 Å². The normalized spacial score (nSPS) is 12.7. The van der Waals surface area contributed by atoms with Crippen LogP contribution in [0.3, 0.4) is 0 Å². The molecule has 0 bridgehead atoms. The molecule has 1 aliphatic heterocycles. The van der Waals surface area contributed by atoms with Crippen molar-refractivity contribution in [2.24, 2.45) is 5.92 Å². The van der Waals surface area contributed by atoms with Gasteiger partial charge in [-0.05, 0) is 113 Å². The van der Waals surface area contributed by atoms with E-state index in [9.17, 15) is 24.3 Å². The molecule has 0 fully saturated rings. The summed E-state index contributed by atoms with van der Waals surface area (Å²) in [6, 6.07) is 17.0. The number of carbonyl (C=O) groups excluding carboxylic acids is 3. The van der Waals surface area contributed by atoms with Crippen molar-refractivity contribution in [1.82, 2.24) is 30.8 Å². The van der Waals surface area contributed by atoms with Gasteiger partial charge in [-0.1, -0.05) is 55.2 Å². The first-order valence-corrected chi connectivity index (χ1v) is 26.7. The summed E-state index contributed by atoms with van der Waals surface area (Å²) in [4.78, 5) is 62.4. The number of hydrogen-bond donors (Lipinski definition) is 5. The summed E-state index contributed by atoms with van der Waals surface area (Å²) in [5.74, 6) is 7.05. The summed E-state index contributed by atoms with van der Waals surface area (Å²) in [6.07, 6.45) is 7.09. The SMILES string of the molecule is C#CCOCc1cc(NC(=O)CNC(=O)C(NC(=O)OC(C)(C)C)C(C)C)ccc1C[N+](C)(C)CC#Cc1ccc(OCCCc2sc(N3CCCc4c3nnc(Nc3nc5ccccc5s3)c4C)nc2C(=O)O)c(F)c1. The Kier molecular flexibility index (Phi) is 18.8. The van der Waals surface area contributed by atoms with Crippen molar-refractivity contribution in [1.29, 1.82) is 0 Å². The molecule has 5 N–H and O–H groups in total. The van der Waals surface area contributed by atoms with Crippen LogP contribution in [0.2, 0.25) is 0 Å². The Morgan fingerprint density at radius 2 is 1.81 bits per heavy atom. The number of rotatable bonds is 21. The Morgan fingerprint density at radius 3 is 2.53 bits per heavy atom. The van der Waals surface area contributed by atoms with Gasteiger partial charge in [0.25, 0.3) is 0 Å². The summed E-state index contributed by atoms with van der Waals surface area (Å²) >= 11 is 2.83. The van der Waals surface area contributed by atoms with Gasteiger partial charge >= 0.3 is 12.1 Å². The molecule has 0 spiro atoms. The van der Waals surface area contributed by atoms with Crippen LogP contribution in [0.1, 0.15) is 90.6 Å². The Balaban J connectivity index is 0.908. The lowest BCUT2D eigenvalue weighted by Gasteiger charge is -2.28. The number of aryl methyl sites for hydroxylation is 1. The number of quaternary nitrogens is 1. The summed E-state index contributed by atoms with van der Waals surface area (Å²) < 4.78 is 33.7. The molecule has 0 aliphatic carbocycles. The Morgan fingerprint density at radius 1 is 1.01 bits per heavy atom. The minimum absolute atomic E-state index is 0.0327. The van der Waals surface area contributed by atoms with Crippen LogP contribution in [0, 0.1) is 42.8 Å². The van der Waals surface area contributed by atoms with Crippen molar-refractivity contribution in [2.45, 2.75) is 92.0 Å². The van der Waals surface area contributed by atoms with Gasteiger partial charge in [0, 0.05) is 39.4 Å². The van der Waals surface area contributed by atoms with E-state index >= 15 is 4.39 Å². The third kappa shape index (κ3) is 15.7. The average Bonchev–Trinajstić information content (AvgIpc) is 4.00. The third-order valence-corrected chi connectivity index (χ3v) is 14.2. The van der Waals surface area contributed by atoms with Crippen LogP contribution in [-0.4, -0.2) is 112 Å². The maximum atomic E-state index is 15.4. The number of benzene rings is 3. The molecule has 3 aromatic heterocycles. The third-order valence-electron chi connectivity index (χ3n) is 12.1. The predicted octanol–water partition coefficient (Wildman–Crippen LogP) is 8.91. The van der Waals surface area contributed by atoms with E-state index in [-0.39, 0.29) is 43.7 Å². The summed E-state index contributed by atoms with van der Waals surface area (Å²) in [5.41, 5.74) is 4.75. The maximum absolute atomic E-state index is 15.4. The number of nitrogens with one attached hydrogen (secondary N) is 4. The van der Waals surface area contributed by atoms with Crippen LogP contribution in [0.25, 0.3) is 10.2 Å². The standard InChI is InChI=1S/C56H63FN10O8S2/c1-10-27-73-33-38-30-39(59-46(68)31-58-51(69)47(34(2)3)62-55(72)75-56(5,6)7)23-22-37(38)32-67(8,9)26-14-16-36-21-24-43(41(57)29-36)74-28-15-20-45-48(52(70)71)61-54(77-45)66-25-13-17-40-35(4)49(64-65-50(40)66)63-53-60-42-18-11-12-19-44(42)76-53/h1,11-12,18-19,21-24,29-30,34,47H,13,15,17,20,25-28,31-33H2,2-9H3,(H4-,58,59,60,62,63,64,68,69,70,71,72)/p+1. The number of carbonyl (C=O) groups is 4. The van der Waals surface area contributed by atoms with Crippen molar-refractivity contribution in [2.75, 3.05) is 62.5 Å². The van der Waals surface area contributed by atoms with E-state index in [4.69, 9.17) is 20.6 Å². The molecule has 0 radical (unpaired) electrons. The number of alkyl carbamates (subject to hydrolysis) is 1. The van der Waals surface area contributed by atoms with Gasteiger partial charge in [-0.25, -0.2) is 23.9 Å². The number of nitrogens with zero attached hydrogens (tertiary/aromatic N) is 6. The number of fused-ring (bicyclic) bond motifs is 2. The molecule has 7 rings (SSSR count). The second-order valence-electron chi connectivity index (χ2n) is 20.4. The quantitative estimate of drug-likeness (QED) is 0.0258. The van der Waals surface area contributed by atoms with Crippen LogP contribution >= 0.6 is 22.7 Å². The second-order valence-corrected chi connectivity index (χ2v) is 22.5. The summed E-state index contributed by atoms with van der Waals surface area (Å²) in [7, 11) is 4.01. The topological polar surface area (TPSA) is 219 Å². The lowest BCUT2D eigenvalue weighted by molar-refractivity contribution is -0.896. The highest BCUT2D eigenvalue weighted by Gasteiger charge is 2.30. The van der Waals surface area contributed by atoms with Gasteiger partial charge in [-0.3, -0.25) is 9.59 Å². The monoisotopic (exact) mass is 1090 g/mol. The highest BCUT2D eigenvalue weighted by molar-refractivity contribution is 7.22. The molecule has 77 heavy (non-hydrogen) atoms. The number of halogens is 1. The number of aromatic nitrogens is 4. The fraction of sp³-hybridized carbons (Fsp3) is 0.393. The molecule has 4 heterocycles. The average molecular weight is 1090 g/mol. The van der Waals surface area contributed by atoms with Gasteiger partial charge in [0.05, 0.1) is 44.1 Å². The number of thiazole rings is 2. The van der Waals surface area contributed by atoms with E-state index in [1.54, 1.807) is 52.8 Å². The Hall–Kier alpha value is -7.69. The first kappa shape index (κ1) is 57.0. The van der Waals surface area contributed by atoms with Crippen LogP contribution in [0.15, 0.2) is 60.7 Å². The molecule has 18 nitrogen and oxygen atoms in total. The van der Waals surface area contributed by atoms with E-state index in [1.165, 1.54) is 34.8 Å². The number of carboxylic acid groups (broad SMARTS) is 1. The van der Waals surface area contributed by atoms with E-state index in [1.807, 2.05) is 56.3 Å². The predicted molar refractivity (Wildman–Crippen MR) is 296 cm³/mol. The first-order chi connectivity index (χ1) is 36.7. The Labute approximate surface area is 455 Å². The molecule has 0 saturated carbocycles. The first-order valence-electron chi connectivity index (χ1n) is 25.1. The molecular formula is C56H64FN10O8S2+. The van der Waals surface area contributed by atoms with E-state index in [0.29, 0.717) is 69.9 Å². The molecule has 3 amide bonds. The highest BCUT2D eigenvalue weighted by Crippen LogP contribution is 2.39. The number of para-hydroxylation sites is 1. The number of amides is 3. The van der Waals surface area contributed by atoms with Crippen LogP contribution in [0.5, 0.6) is 5.75 Å². The molecule has 1 aliphatic rings. The van der Waals surface area contributed by atoms with E-state index in [2.05, 4.69) is 59.2 Å². The molecule has 21 heteroatoms. The molecule has 404 valence electrons. The van der Waals surface area contributed by atoms with Crippen molar-refractivity contribution >= 4 is 84.4 Å². The molecule has 1 unspecified atom stereocenters. The molecule has 0 saturated heterocycles. The minimum Gasteiger partial charge on any atom is -0.491 e. The highest BCUT2D eigenvalue weighted by atomic mass is 32.1. The minimum atomic E-state index is -1.13. The van der Waals surface area contributed by atoms with Gasteiger partial charge in [-0.2, -0.15) is 0 Å². The second kappa shape index (κ2) is 25.4. The number of carboxylic acids is 1. The fourth-order valence-corrected chi connectivity index (χ4v) is 10.3. The molecular weight excluding hydrogens is 1020 g/mol. The lowest BCUT2D eigenvalue weighted by atomic mass is 10.0. The van der Waals surface area contributed by atoms with Gasteiger partial charge in [0.2, 0.25) is 11.8 Å². The van der Waals surface area contributed by atoms with Crippen molar-refractivity contribution < 1.29 is 47.4 Å². The number of terminal acetylenes is 1. The zero-order chi connectivity index (χ0) is 55.4. The van der Waals surface area contributed by atoms with E-state index in [0.717, 1.165) is 50.4 Å². The van der Waals surface area contributed by atoms with Crippen molar-refractivity contribution in [3.05, 3.63) is 105 Å². The number of aromatic carboxylic acids is 1. The van der Waals surface area contributed by atoms with Gasteiger partial charge in [-0.15, -0.1) is 28.0 Å². The largest absolute Gasteiger partial charge is 0.491 e. The molecule has 6 aromatic rings. The zero-order valence-electron chi connectivity index (χ0n) is 44.5.